The van der Waals surface area contributed by atoms with Crippen LogP contribution in [0.2, 0.25) is 5.02 Å². The van der Waals surface area contributed by atoms with Crippen molar-refractivity contribution in [1.29, 1.82) is 0 Å². The van der Waals surface area contributed by atoms with E-state index in [1.807, 2.05) is 43.3 Å². The largest absolute Gasteiger partial charge is 0.355 e. The highest BCUT2D eigenvalue weighted by Crippen LogP contribution is 2.26. The van der Waals surface area contributed by atoms with Crippen LogP contribution in [0.5, 0.6) is 0 Å². The van der Waals surface area contributed by atoms with Crippen LogP contribution in [0.3, 0.4) is 0 Å². The van der Waals surface area contributed by atoms with E-state index in [0.29, 0.717) is 16.4 Å². The van der Waals surface area contributed by atoms with Crippen molar-refractivity contribution in [1.82, 2.24) is 4.98 Å². The first kappa shape index (κ1) is 18.1. The van der Waals surface area contributed by atoms with Gasteiger partial charge < -0.3 is 15.6 Å². The van der Waals surface area contributed by atoms with Crippen molar-refractivity contribution in [3.8, 4) is 11.3 Å². The molecule has 0 bridgehead atoms. The fraction of sp³-hybridized carbons (Fsp3) is 0.0455. The molecule has 0 fully saturated rings. The lowest BCUT2D eigenvalue weighted by Gasteiger charge is -2.10. The molecule has 0 aliphatic heterocycles. The van der Waals surface area contributed by atoms with Crippen LogP contribution in [0, 0.1) is 12.7 Å². The lowest BCUT2D eigenvalue weighted by Crippen LogP contribution is -2.19. The average Bonchev–Trinajstić information content (AvgIpc) is 3.08. The average molecular weight is 394 g/mol. The highest BCUT2D eigenvalue weighted by molar-refractivity contribution is 6.31. The van der Waals surface area contributed by atoms with Gasteiger partial charge in [-0.15, -0.1) is 0 Å². The topological polar surface area (TPSA) is 56.9 Å². The number of nitrogens with one attached hydrogen (secondary N) is 3. The molecule has 0 saturated heterocycles. The van der Waals surface area contributed by atoms with Crippen molar-refractivity contribution in [2.24, 2.45) is 0 Å². The Morgan fingerprint density at radius 1 is 0.964 bits per heavy atom. The van der Waals surface area contributed by atoms with E-state index < -0.39 is 0 Å². The normalized spacial score (nSPS) is 10.8. The van der Waals surface area contributed by atoms with Gasteiger partial charge in [0.1, 0.15) is 5.82 Å². The molecule has 0 spiro atoms. The van der Waals surface area contributed by atoms with Gasteiger partial charge in [0.05, 0.1) is 0 Å². The number of fused-ring (bicyclic) bond motifs is 1. The van der Waals surface area contributed by atoms with Gasteiger partial charge in [0.2, 0.25) is 0 Å². The van der Waals surface area contributed by atoms with Gasteiger partial charge in [0.25, 0.3) is 0 Å². The van der Waals surface area contributed by atoms with Crippen LogP contribution in [0.1, 0.15) is 5.56 Å². The summed E-state index contributed by atoms with van der Waals surface area (Å²) in [6.45, 7) is 1.90. The summed E-state index contributed by atoms with van der Waals surface area (Å²) >= 11 is 5.98. The number of hydrogen-bond acceptors (Lipinski definition) is 1. The molecule has 0 unspecified atom stereocenters. The minimum atomic E-state index is -0.348. The number of rotatable bonds is 3. The zero-order chi connectivity index (χ0) is 19.7. The van der Waals surface area contributed by atoms with Crippen LogP contribution < -0.4 is 10.6 Å². The Bertz CT molecular complexity index is 1170. The quantitative estimate of drug-likeness (QED) is 0.361. The summed E-state index contributed by atoms with van der Waals surface area (Å²) in [5, 5.41) is 6.96. The molecule has 1 heterocycles. The Morgan fingerprint density at radius 3 is 2.54 bits per heavy atom. The zero-order valence-electron chi connectivity index (χ0n) is 15.0. The molecule has 0 aliphatic carbocycles. The number of anilines is 2. The van der Waals surface area contributed by atoms with Gasteiger partial charge >= 0.3 is 6.03 Å². The number of aromatic amines is 1. The fourth-order valence-electron chi connectivity index (χ4n) is 3.01. The number of urea groups is 1. The number of carbonyl (C=O) groups excluding carboxylic acids is 1. The highest BCUT2D eigenvalue weighted by atomic mass is 35.5. The third-order valence-electron chi connectivity index (χ3n) is 4.48. The maximum atomic E-state index is 13.4. The van der Waals surface area contributed by atoms with Crippen LogP contribution in [-0.2, 0) is 0 Å². The monoisotopic (exact) mass is 393 g/mol. The Balaban J connectivity index is 1.48. The van der Waals surface area contributed by atoms with Crippen LogP contribution >= 0.6 is 11.6 Å². The molecule has 4 aromatic rings. The molecule has 28 heavy (non-hydrogen) atoms. The number of benzene rings is 3. The molecule has 140 valence electrons. The third kappa shape index (κ3) is 3.85. The van der Waals surface area contributed by atoms with Crippen LogP contribution in [-0.4, -0.2) is 11.0 Å². The maximum absolute atomic E-state index is 13.4. The van der Waals surface area contributed by atoms with Gasteiger partial charge in [-0.1, -0.05) is 29.8 Å². The van der Waals surface area contributed by atoms with Crippen LogP contribution in [0.15, 0.2) is 66.7 Å². The fourth-order valence-corrected chi connectivity index (χ4v) is 3.18. The van der Waals surface area contributed by atoms with Crippen LogP contribution in [0.25, 0.3) is 22.2 Å². The van der Waals surface area contributed by atoms with Gasteiger partial charge in [-0.05, 0) is 66.6 Å². The molecule has 1 aromatic heterocycles. The van der Waals surface area contributed by atoms with Crippen molar-refractivity contribution in [3.63, 3.8) is 0 Å². The predicted molar refractivity (Wildman–Crippen MR) is 113 cm³/mol. The van der Waals surface area contributed by atoms with Crippen molar-refractivity contribution in [3.05, 3.63) is 83.1 Å². The summed E-state index contributed by atoms with van der Waals surface area (Å²) in [6.07, 6.45) is 0. The number of amides is 2. The van der Waals surface area contributed by atoms with E-state index in [9.17, 15) is 9.18 Å². The number of H-pyrrole nitrogens is 1. The highest BCUT2D eigenvalue weighted by Gasteiger charge is 2.08. The zero-order valence-corrected chi connectivity index (χ0v) is 15.8. The second-order valence-electron chi connectivity index (χ2n) is 6.53. The summed E-state index contributed by atoms with van der Waals surface area (Å²) in [5.74, 6) is -0.265. The van der Waals surface area contributed by atoms with E-state index in [4.69, 9.17) is 11.6 Å². The first-order chi connectivity index (χ1) is 13.5. The summed E-state index contributed by atoms with van der Waals surface area (Å²) < 4.78 is 13.4. The van der Waals surface area contributed by atoms with E-state index in [1.165, 1.54) is 12.1 Å². The lowest BCUT2D eigenvalue weighted by atomic mass is 10.1. The second-order valence-corrected chi connectivity index (χ2v) is 6.97. The van der Waals surface area contributed by atoms with Crippen LogP contribution in [0.4, 0.5) is 20.6 Å². The molecular weight excluding hydrogens is 377 g/mol. The molecule has 0 saturated carbocycles. The first-order valence-electron chi connectivity index (χ1n) is 8.71. The van der Waals surface area contributed by atoms with Gasteiger partial charge in [0.15, 0.2) is 0 Å². The minimum Gasteiger partial charge on any atom is -0.355 e. The smallest absolute Gasteiger partial charge is 0.323 e. The van der Waals surface area contributed by atoms with E-state index in [-0.39, 0.29) is 11.8 Å². The van der Waals surface area contributed by atoms with Crippen molar-refractivity contribution < 1.29 is 9.18 Å². The molecular formula is C22H17ClFN3O. The molecule has 3 N–H and O–H groups in total. The van der Waals surface area contributed by atoms with Gasteiger partial charge in [-0.3, -0.25) is 0 Å². The second kappa shape index (κ2) is 7.37. The number of hydrogen-bond donors (Lipinski definition) is 3. The van der Waals surface area contributed by atoms with Gasteiger partial charge in [-0.2, -0.15) is 0 Å². The molecule has 0 atom stereocenters. The Kier molecular flexibility index (Phi) is 4.75. The minimum absolute atomic E-state index is 0.265. The molecule has 4 rings (SSSR count). The number of aryl methyl sites for hydroxylation is 1. The van der Waals surface area contributed by atoms with Gasteiger partial charge in [0, 0.05) is 33.0 Å². The summed E-state index contributed by atoms with van der Waals surface area (Å²) in [5.41, 5.74) is 4.93. The van der Waals surface area contributed by atoms with Crippen molar-refractivity contribution >= 4 is 39.9 Å². The summed E-state index contributed by atoms with van der Waals surface area (Å²) in [6, 6.07) is 18.9. The molecule has 6 heteroatoms. The van der Waals surface area contributed by atoms with E-state index >= 15 is 0 Å². The van der Waals surface area contributed by atoms with Crippen molar-refractivity contribution in [2.75, 3.05) is 10.6 Å². The Morgan fingerprint density at radius 2 is 1.75 bits per heavy atom. The summed E-state index contributed by atoms with van der Waals surface area (Å²) in [7, 11) is 0. The van der Waals surface area contributed by atoms with E-state index in [2.05, 4.69) is 15.6 Å². The van der Waals surface area contributed by atoms with E-state index in [0.717, 1.165) is 27.7 Å². The van der Waals surface area contributed by atoms with E-state index in [1.54, 1.807) is 18.2 Å². The first-order valence-corrected chi connectivity index (χ1v) is 9.08. The van der Waals surface area contributed by atoms with Crippen molar-refractivity contribution in [2.45, 2.75) is 6.92 Å². The predicted octanol–water partition coefficient (Wildman–Crippen LogP) is 6.58. The number of aromatic nitrogens is 1. The molecule has 3 aromatic carbocycles. The lowest BCUT2D eigenvalue weighted by molar-refractivity contribution is 0.262. The molecule has 2 amide bonds. The molecule has 0 aliphatic rings. The summed E-state index contributed by atoms with van der Waals surface area (Å²) in [4.78, 5) is 15.5. The number of halogens is 2. The SMILES string of the molecule is Cc1ccc(Cl)cc1NC(=O)Nc1ccc(-c2cc3cc(F)ccc3[nH]2)cc1. The van der Waals surface area contributed by atoms with Gasteiger partial charge in [-0.25, -0.2) is 9.18 Å². The maximum Gasteiger partial charge on any atom is 0.323 e. The Labute approximate surface area is 166 Å². The third-order valence-corrected chi connectivity index (χ3v) is 4.72. The Hall–Kier alpha value is -3.31. The number of carbonyl (C=O) groups is 1. The molecule has 0 radical (unpaired) electrons. The standard InChI is InChI=1S/C22H17ClFN3O/c1-13-2-5-16(23)12-20(13)27-22(28)25-18-7-3-14(4-8-18)21-11-15-10-17(24)6-9-19(15)26-21/h2-12,26H,1H3,(H2,25,27,28). The molecule has 4 nitrogen and oxygen atoms in total.